The van der Waals surface area contributed by atoms with Crippen LogP contribution in [0, 0.1) is 0 Å². The minimum atomic E-state index is -0.118. The van der Waals surface area contributed by atoms with Crippen LogP contribution >= 0.6 is 11.6 Å². The minimum absolute atomic E-state index is 0.118. The number of methoxy groups -OCH3 is 1. The zero-order chi connectivity index (χ0) is 14.8. The van der Waals surface area contributed by atoms with E-state index in [2.05, 4.69) is 0 Å². The van der Waals surface area contributed by atoms with Crippen molar-refractivity contribution in [1.82, 2.24) is 0 Å². The normalized spacial score (nSPS) is 13.8. The van der Waals surface area contributed by atoms with Crippen LogP contribution in [0.5, 0.6) is 11.5 Å². The molecular formula is C17H15ClO3. The third-order valence-corrected chi connectivity index (χ3v) is 3.58. The number of ketones is 1. The predicted octanol–water partition coefficient (Wildman–Crippen LogP) is 4.12. The van der Waals surface area contributed by atoms with Crippen molar-refractivity contribution in [3.63, 3.8) is 0 Å². The zero-order valence-electron chi connectivity index (χ0n) is 11.6. The first-order valence-electron chi connectivity index (χ1n) is 6.82. The highest BCUT2D eigenvalue weighted by Crippen LogP contribution is 2.28. The van der Waals surface area contributed by atoms with Crippen LogP contribution in [0.4, 0.5) is 0 Å². The molecule has 0 N–H and O–H groups in total. The standard InChI is InChI=1S/C17H15ClO3/c1-20-16-9-4-12(18)10-15(16)17(19)11-2-5-13(6-3-11)21-14-7-8-14/h2-6,9-10,14H,7-8H2,1H3. The van der Waals surface area contributed by atoms with E-state index < -0.39 is 0 Å². The lowest BCUT2D eigenvalue weighted by Gasteiger charge is -2.09. The Kier molecular flexibility index (Phi) is 3.84. The minimum Gasteiger partial charge on any atom is -0.496 e. The molecule has 3 nitrogen and oxygen atoms in total. The summed E-state index contributed by atoms with van der Waals surface area (Å²) in [6.07, 6.45) is 2.57. The third kappa shape index (κ3) is 3.19. The maximum atomic E-state index is 12.5. The van der Waals surface area contributed by atoms with Crippen LogP contribution in [0.1, 0.15) is 28.8 Å². The van der Waals surface area contributed by atoms with Gasteiger partial charge in [0.25, 0.3) is 0 Å². The van der Waals surface area contributed by atoms with Gasteiger partial charge in [-0.25, -0.2) is 0 Å². The quantitative estimate of drug-likeness (QED) is 0.779. The molecule has 0 unspecified atom stereocenters. The Labute approximate surface area is 128 Å². The van der Waals surface area contributed by atoms with Crippen molar-refractivity contribution in [1.29, 1.82) is 0 Å². The second kappa shape index (κ2) is 5.78. The van der Waals surface area contributed by atoms with Gasteiger partial charge in [0, 0.05) is 10.6 Å². The van der Waals surface area contributed by atoms with E-state index in [-0.39, 0.29) is 5.78 Å². The van der Waals surface area contributed by atoms with Gasteiger partial charge in [-0.05, 0) is 55.3 Å². The van der Waals surface area contributed by atoms with Crippen LogP contribution in [-0.4, -0.2) is 19.0 Å². The molecule has 1 aliphatic carbocycles. The van der Waals surface area contributed by atoms with E-state index >= 15 is 0 Å². The highest BCUT2D eigenvalue weighted by Gasteiger charge is 2.23. The molecule has 21 heavy (non-hydrogen) atoms. The number of carbonyl (C=O) groups excluding carboxylic acids is 1. The van der Waals surface area contributed by atoms with Gasteiger partial charge >= 0.3 is 0 Å². The van der Waals surface area contributed by atoms with Crippen LogP contribution in [-0.2, 0) is 0 Å². The smallest absolute Gasteiger partial charge is 0.196 e. The van der Waals surface area contributed by atoms with E-state index in [1.807, 2.05) is 12.1 Å². The molecule has 0 radical (unpaired) electrons. The first-order valence-corrected chi connectivity index (χ1v) is 7.20. The molecule has 108 valence electrons. The summed E-state index contributed by atoms with van der Waals surface area (Å²) in [6.45, 7) is 0. The van der Waals surface area contributed by atoms with Crippen molar-refractivity contribution in [3.8, 4) is 11.5 Å². The van der Waals surface area contributed by atoms with Gasteiger partial charge in [0.1, 0.15) is 11.5 Å². The molecule has 0 bridgehead atoms. The van der Waals surface area contributed by atoms with E-state index in [0.717, 1.165) is 18.6 Å². The van der Waals surface area contributed by atoms with Crippen LogP contribution < -0.4 is 9.47 Å². The fraction of sp³-hybridized carbons (Fsp3) is 0.235. The van der Waals surface area contributed by atoms with Crippen molar-refractivity contribution in [2.45, 2.75) is 18.9 Å². The number of ether oxygens (including phenoxy) is 2. The first-order chi connectivity index (χ1) is 10.2. The van der Waals surface area contributed by atoms with Gasteiger partial charge in [-0.2, -0.15) is 0 Å². The molecule has 1 saturated carbocycles. The van der Waals surface area contributed by atoms with Crippen LogP contribution in [0.2, 0.25) is 5.02 Å². The summed E-state index contributed by atoms with van der Waals surface area (Å²) in [5, 5.41) is 0.507. The largest absolute Gasteiger partial charge is 0.496 e. The topological polar surface area (TPSA) is 35.5 Å². The first kappa shape index (κ1) is 14.0. The predicted molar refractivity (Wildman–Crippen MR) is 81.5 cm³/mol. The van der Waals surface area contributed by atoms with Crippen LogP contribution in [0.3, 0.4) is 0 Å². The van der Waals surface area contributed by atoms with Gasteiger partial charge in [-0.1, -0.05) is 11.6 Å². The van der Waals surface area contributed by atoms with Crippen LogP contribution in [0.15, 0.2) is 42.5 Å². The lowest BCUT2D eigenvalue weighted by molar-refractivity contribution is 0.103. The average Bonchev–Trinajstić information content (AvgIpc) is 3.31. The summed E-state index contributed by atoms with van der Waals surface area (Å²) < 4.78 is 10.9. The molecule has 1 fully saturated rings. The number of hydrogen-bond donors (Lipinski definition) is 0. The number of hydrogen-bond acceptors (Lipinski definition) is 3. The van der Waals surface area contributed by atoms with Gasteiger partial charge in [0.05, 0.1) is 18.8 Å². The Bertz CT molecular complexity index is 660. The Hall–Kier alpha value is -2.00. The molecule has 0 aliphatic heterocycles. The molecule has 1 aliphatic rings. The lowest BCUT2D eigenvalue weighted by atomic mass is 10.0. The number of rotatable bonds is 5. The summed E-state index contributed by atoms with van der Waals surface area (Å²) in [5.74, 6) is 1.20. The van der Waals surface area contributed by atoms with Crippen molar-refractivity contribution in [2.75, 3.05) is 7.11 Å². The Morgan fingerprint density at radius 1 is 1.14 bits per heavy atom. The fourth-order valence-corrected chi connectivity index (χ4v) is 2.25. The van der Waals surface area contributed by atoms with Gasteiger partial charge in [0.15, 0.2) is 5.78 Å². The SMILES string of the molecule is COc1ccc(Cl)cc1C(=O)c1ccc(OC2CC2)cc1. The molecule has 0 amide bonds. The molecule has 0 aromatic heterocycles. The van der Waals surface area contributed by atoms with Gasteiger partial charge in [-0.15, -0.1) is 0 Å². The fourth-order valence-electron chi connectivity index (χ4n) is 2.08. The number of halogens is 1. The molecule has 4 heteroatoms. The second-order valence-electron chi connectivity index (χ2n) is 5.02. The van der Waals surface area contributed by atoms with Crippen LogP contribution in [0.25, 0.3) is 0 Å². The van der Waals surface area contributed by atoms with Crippen molar-refractivity contribution < 1.29 is 14.3 Å². The molecule has 0 saturated heterocycles. The molecule has 0 atom stereocenters. The summed E-state index contributed by atoms with van der Waals surface area (Å²) in [5.41, 5.74) is 1.04. The Balaban J connectivity index is 1.85. The monoisotopic (exact) mass is 302 g/mol. The molecular weight excluding hydrogens is 288 g/mol. The summed E-state index contributed by atoms with van der Waals surface area (Å²) >= 11 is 5.97. The number of benzene rings is 2. The van der Waals surface area contributed by atoms with E-state index in [1.165, 1.54) is 7.11 Å². The Morgan fingerprint density at radius 2 is 1.86 bits per heavy atom. The summed E-state index contributed by atoms with van der Waals surface area (Å²) in [6, 6.07) is 12.2. The van der Waals surface area contributed by atoms with E-state index in [1.54, 1.807) is 30.3 Å². The molecule has 0 heterocycles. The maximum Gasteiger partial charge on any atom is 0.196 e. The molecule has 2 aromatic rings. The maximum absolute atomic E-state index is 12.5. The second-order valence-corrected chi connectivity index (χ2v) is 5.45. The highest BCUT2D eigenvalue weighted by molar-refractivity contribution is 6.31. The molecule has 0 spiro atoms. The van der Waals surface area contributed by atoms with Gasteiger partial charge in [-0.3, -0.25) is 4.79 Å². The summed E-state index contributed by atoms with van der Waals surface area (Å²) in [4.78, 5) is 12.5. The van der Waals surface area contributed by atoms with Gasteiger partial charge < -0.3 is 9.47 Å². The zero-order valence-corrected chi connectivity index (χ0v) is 12.4. The Morgan fingerprint density at radius 3 is 2.48 bits per heavy atom. The van der Waals surface area contributed by atoms with E-state index in [9.17, 15) is 4.79 Å². The third-order valence-electron chi connectivity index (χ3n) is 3.35. The average molecular weight is 303 g/mol. The summed E-state index contributed by atoms with van der Waals surface area (Å²) in [7, 11) is 1.53. The highest BCUT2D eigenvalue weighted by atomic mass is 35.5. The van der Waals surface area contributed by atoms with Crippen molar-refractivity contribution in [3.05, 3.63) is 58.6 Å². The van der Waals surface area contributed by atoms with Gasteiger partial charge in [0.2, 0.25) is 0 Å². The van der Waals surface area contributed by atoms with Crippen molar-refractivity contribution in [2.24, 2.45) is 0 Å². The molecule has 2 aromatic carbocycles. The lowest BCUT2D eigenvalue weighted by Crippen LogP contribution is -2.04. The van der Waals surface area contributed by atoms with E-state index in [0.29, 0.717) is 28.0 Å². The van der Waals surface area contributed by atoms with E-state index in [4.69, 9.17) is 21.1 Å². The number of carbonyl (C=O) groups is 1. The molecule has 3 rings (SSSR count). The van der Waals surface area contributed by atoms with Crippen molar-refractivity contribution >= 4 is 17.4 Å².